The van der Waals surface area contributed by atoms with Crippen LogP contribution in [-0.2, 0) is 6.54 Å². The number of nitrogens with one attached hydrogen (secondary N) is 2. The fourth-order valence-corrected chi connectivity index (χ4v) is 3.98. The van der Waals surface area contributed by atoms with Crippen molar-refractivity contribution in [2.45, 2.75) is 26.4 Å². The molecule has 0 fully saturated rings. The number of hydrogen-bond acceptors (Lipinski definition) is 5. The van der Waals surface area contributed by atoms with E-state index in [1.54, 1.807) is 17.5 Å². The van der Waals surface area contributed by atoms with Crippen LogP contribution in [0.2, 0.25) is 0 Å². The molecule has 0 radical (unpaired) electrons. The van der Waals surface area contributed by atoms with Gasteiger partial charge in [-0.25, -0.2) is 4.68 Å². The second-order valence-electron chi connectivity index (χ2n) is 6.35. The quantitative estimate of drug-likeness (QED) is 0.755. The Morgan fingerprint density at radius 1 is 1.61 bits per heavy atom. The molecule has 23 heavy (non-hydrogen) atoms. The Bertz CT molecular complexity index is 664. The lowest BCUT2D eigenvalue weighted by Crippen LogP contribution is -2.38. The van der Waals surface area contributed by atoms with Crippen molar-refractivity contribution in [3.8, 4) is 0 Å². The zero-order chi connectivity index (χ0) is 16.4. The molecule has 0 bridgehead atoms. The molecule has 0 saturated heterocycles. The third-order valence-corrected chi connectivity index (χ3v) is 5.19. The highest BCUT2D eigenvalue weighted by atomic mass is 32.1. The molecule has 124 valence electrons. The lowest BCUT2D eigenvalue weighted by Gasteiger charge is -2.29. The van der Waals surface area contributed by atoms with Crippen molar-refractivity contribution in [1.29, 1.82) is 0 Å². The van der Waals surface area contributed by atoms with Gasteiger partial charge < -0.3 is 16.4 Å². The maximum atomic E-state index is 11.4. The zero-order valence-electron chi connectivity index (χ0n) is 13.5. The molecule has 0 aliphatic carbocycles. The number of carbonyl (C=O) groups excluding carboxylic acids is 1. The van der Waals surface area contributed by atoms with Gasteiger partial charge >= 0.3 is 0 Å². The number of fused-ring (bicyclic) bond motifs is 1. The van der Waals surface area contributed by atoms with Crippen molar-refractivity contribution in [1.82, 2.24) is 15.1 Å². The van der Waals surface area contributed by atoms with Crippen molar-refractivity contribution in [3.05, 3.63) is 34.2 Å². The number of thiophene rings is 1. The molecule has 1 aliphatic rings. The van der Waals surface area contributed by atoms with Crippen molar-refractivity contribution in [2.75, 3.05) is 18.4 Å². The maximum absolute atomic E-state index is 11.4. The number of nitrogens with zero attached hydrogens (tertiary/aromatic N) is 2. The average molecular weight is 333 g/mol. The Labute approximate surface area is 140 Å². The molecule has 1 amide bonds. The van der Waals surface area contributed by atoms with Gasteiger partial charge in [0, 0.05) is 36.5 Å². The predicted octanol–water partition coefficient (Wildman–Crippen LogP) is 2.07. The summed E-state index contributed by atoms with van der Waals surface area (Å²) in [6.45, 7) is 6.98. The summed E-state index contributed by atoms with van der Waals surface area (Å²) in [5, 5.41) is 13.4. The minimum atomic E-state index is -0.437. The molecular formula is C16H23N5OS. The van der Waals surface area contributed by atoms with E-state index in [0.29, 0.717) is 23.4 Å². The third kappa shape index (κ3) is 3.40. The molecule has 2 aromatic heterocycles. The summed E-state index contributed by atoms with van der Waals surface area (Å²) in [6.07, 6.45) is 1.54. The van der Waals surface area contributed by atoms with Crippen LogP contribution < -0.4 is 16.4 Å². The Balaban J connectivity index is 1.62. The molecule has 7 heteroatoms. The monoisotopic (exact) mass is 333 g/mol. The minimum Gasteiger partial charge on any atom is -0.369 e. The van der Waals surface area contributed by atoms with E-state index in [1.807, 2.05) is 4.68 Å². The molecule has 2 aromatic rings. The van der Waals surface area contributed by atoms with Crippen LogP contribution >= 0.6 is 11.3 Å². The normalized spacial score (nSPS) is 18.5. The highest BCUT2D eigenvalue weighted by molar-refractivity contribution is 7.10. The van der Waals surface area contributed by atoms with E-state index in [2.05, 4.69) is 47.1 Å². The van der Waals surface area contributed by atoms with E-state index in [9.17, 15) is 4.79 Å². The second kappa shape index (κ2) is 6.72. The number of anilines is 1. The van der Waals surface area contributed by atoms with Crippen molar-refractivity contribution in [3.63, 3.8) is 0 Å². The molecule has 6 nitrogen and oxygen atoms in total. The first-order chi connectivity index (χ1) is 11.1. The van der Waals surface area contributed by atoms with Crippen molar-refractivity contribution in [2.24, 2.45) is 17.6 Å². The third-order valence-electron chi connectivity index (χ3n) is 4.24. The van der Waals surface area contributed by atoms with Crippen LogP contribution in [0.4, 0.5) is 5.82 Å². The van der Waals surface area contributed by atoms with E-state index in [0.717, 1.165) is 25.5 Å². The Morgan fingerprint density at radius 3 is 3.09 bits per heavy atom. The molecule has 0 aromatic carbocycles. The number of primary amides is 1. The summed E-state index contributed by atoms with van der Waals surface area (Å²) in [6, 6.07) is 4.66. The maximum Gasteiger partial charge on any atom is 0.254 e. The van der Waals surface area contributed by atoms with Crippen LogP contribution in [0.1, 0.15) is 35.1 Å². The van der Waals surface area contributed by atoms with Gasteiger partial charge in [-0.1, -0.05) is 19.9 Å². The second-order valence-corrected chi connectivity index (χ2v) is 7.32. The SMILES string of the molecule is CC(C)[C@H](NC[C@@H]1CNc2c(C(N)=O)cnn2C1)c1cccs1. The van der Waals surface area contributed by atoms with E-state index in [4.69, 9.17) is 5.73 Å². The van der Waals surface area contributed by atoms with Crippen molar-refractivity contribution < 1.29 is 4.79 Å². The predicted molar refractivity (Wildman–Crippen MR) is 92.6 cm³/mol. The van der Waals surface area contributed by atoms with Gasteiger partial charge in [0.05, 0.1) is 6.20 Å². The summed E-state index contributed by atoms with van der Waals surface area (Å²) in [7, 11) is 0. The van der Waals surface area contributed by atoms with Crippen LogP contribution in [0.5, 0.6) is 0 Å². The van der Waals surface area contributed by atoms with Crippen LogP contribution in [0.25, 0.3) is 0 Å². The van der Waals surface area contributed by atoms with Gasteiger partial charge in [-0.2, -0.15) is 5.10 Å². The molecule has 2 atom stereocenters. The van der Waals surface area contributed by atoms with Crippen LogP contribution in [0.15, 0.2) is 23.7 Å². The van der Waals surface area contributed by atoms with E-state index in [-0.39, 0.29) is 0 Å². The first-order valence-electron chi connectivity index (χ1n) is 7.92. The van der Waals surface area contributed by atoms with Crippen LogP contribution in [0.3, 0.4) is 0 Å². The first kappa shape index (κ1) is 16.0. The summed E-state index contributed by atoms with van der Waals surface area (Å²) >= 11 is 1.79. The number of amides is 1. The molecule has 3 heterocycles. The average Bonchev–Trinajstić information content (AvgIpc) is 3.15. The number of aromatic nitrogens is 2. The van der Waals surface area contributed by atoms with Crippen molar-refractivity contribution >= 4 is 23.1 Å². The van der Waals surface area contributed by atoms with Gasteiger partial charge in [0.25, 0.3) is 5.91 Å². The number of carbonyl (C=O) groups is 1. The van der Waals surface area contributed by atoms with Crippen LogP contribution in [-0.4, -0.2) is 28.8 Å². The fourth-order valence-electron chi connectivity index (χ4n) is 3.00. The summed E-state index contributed by atoms with van der Waals surface area (Å²) < 4.78 is 1.84. The summed E-state index contributed by atoms with van der Waals surface area (Å²) in [5.41, 5.74) is 5.83. The Hall–Kier alpha value is -1.86. The molecule has 1 aliphatic heterocycles. The smallest absolute Gasteiger partial charge is 0.254 e. The zero-order valence-corrected chi connectivity index (χ0v) is 14.3. The molecule has 0 saturated carbocycles. The molecule has 4 N–H and O–H groups in total. The lowest BCUT2D eigenvalue weighted by atomic mass is 10.0. The Kier molecular flexibility index (Phi) is 4.68. The molecule has 0 unspecified atom stereocenters. The molecule has 3 rings (SSSR count). The lowest BCUT2D eigenvalue weighted by molar-refractivity contribution is 0.100. The van der Waals surface area contributed by atoms with Gasteiger partial charge in [0.1, 0.15) is 11.4 Å². The first-order valence-corrected chi connectivity index (χ1v) is 8.80. The summed E-state index contributed by atoms with van der Waals surface area (Å²) in [4.78, 5) is 12.7. The van der Waals surface area contributed by atoms with Gasteiger partial charge in [-0.05, 0) is 17.4 Å². The van der Waals surface area contributed by atoms with Gasteiger partial charge in [-0.15, -0.1) is 11.3 Å². The number of hydrogen-bond donors (Lipinski definition) is 3. The Morgan fingerprint density at radius 2 is 2.43 bits per heavy atom. The topological polar surface area (TPSA) is 85.0 Å². The van der Waals surface area contributed by atoms with Gasteiger partial charge in [-0.3, -0.25) is 4.79 Å². The molecule has 0 spiro atoms. The standard InChI is InChI=1S/C16H23N5OS/c1-10(2)14(13-4-3-5-23-13)18-6-11-7-19-16-12(15(17)22)8-20-21(16)9-11/h3-5,8,10-11,14,18-19H,6-7,9H2,1-2H3,(H2,17,22)/t11-,14+/m1/s1. The van der Waals surface area contributed by atoms with Gasteiger partial charge in [0.2, 0.25) is 0 Å². The van der Waals surface area contributed by atoms with E-state index in [1.165, 1.54) is 4.88 Å². The summed E-state index contributed by atoms with van der Waals surface area (Å²) in [5.74, 6) is 1.26. The minimum absolute atomic E-state index is 0.371. The fraction of sp³-hybridized carbons (Fsp3) is 0.500. The highest BCUT2D eigenvalue weighted by Crippen LogP contribution is 2.27. The number of rotatable bonds is 6. The number of nitrogens with two attached hydrogens (primary N) is 1. The van der Waals surface area contributed by atoms with Crippen LogP contribution in [0, 0.1) is 11.8 Å². The largest absolute Gasteiger partial charge is 0.369 e. The van der Waals surface area contributed by atoms with E-state index >= 15 is 0 Å². The highest BCUT2D eigenvalue weighted by Gasteiger charge is 2.25. The van der Waals surface area contributed by atoms with E-state index < -0.39 is 5.91 Å². The molecular weight excluding hydrogens is 310 g/mol. The van der Waals surface area contributed by atoms with Gasteiger partial charge in [0.15, 0.2) is 0 Å².